The molecule has 0 heterocycles. The average molecular weight is 290 g/mol. The average Bonchev–Trinajstić information content (AvgIpc) is 2.54. The molecule has 0 saturated heterocycles. The molecule has 2 rings (SSSR count). The first-order valence-corrected chi connectivity index (χ1v) is 7.97. The SMILES string of the molecule is NCCc1ccc(C(=O)N(CCO)C2CCCCC2)cc1. The lowest BCUT2D eigenvalue weighted by Crippen LogP contribution is -2.43. The molecule has 0 unspecified atom stereocenters. The number of hydrogen-bond acceptors (Lipinski definition) is 3. The van der Waals surface area contributed by atoms with Gasteiger partial charge in [-0.2, -0.15) is 0 Å². The highest BCUT2D eigenvalue weighted by Crippen LogP contribution is 2.24. The van der Waals surface area contributed by atoms with E-state index < -0.39 is 0 Å². The molecule has 21 heavy (non-hydrogen) atoms. The highest BCUT2D eigenvalue weighted by molar-refractivity contribution is 5.94. The summed E-state index contributed by atoms with van der Waals surface area (Å²) in [5, 5.41) is 9.27. The number of aliphatic hydroxyl groups excluding tert-OH is 1. The van der Waals surface area contributed by atoms with Gasteiger partial charge in [0.2, 0.25) is 0 Å². The molecule has 0 aliphatic heterocycles. The first-order chi connectivity index (χ1) is 10.3. The quantitative estimate of drug-likeness (QED) is 0.841. The lowest BCUT2D eigenvalue weighted by Gasteiger charge is -2.34. The molecule has 0 aromatic heterocycles. The van der Waals surface area contributed by atoms with Gasteiger partial charge in [-0.15, -0.1) is 0 Å². The summed E-state index contributed by atoms with van der Waals surface area (Å²) >= 11 is 0. The zero-order valence-corrected chi connectivity index (χ0v) is 12.6. The number of benzene rings is 1. The molecule has 1 fully saturated rings. The summed E-state index contributed by atoms with van der Waals surface area (Å²) in [6.45, 7) is 1.06. The Morgan fingerprint density at radius 3 is 2.43 bits per heavy atom. The van der Waals surface area contributed by atoms with Crippen molar-refractivity contribution >= 4 is 5.91 Å². The molecule has 116 valence electrons. The smallest absolute Gasteiger partial charge is 0.254 e. The van der Waals surface area contributed by atoms with Gasteiger partial charge in [-0.25, -0.2) is 0 Å². The van der Waals surface area contributed by atoms with E-state index in [-0.39, 0.29) is 18.6 Å². The zero-order chi connectivity index (χ0) is 15.1. The zero-order valence-electron chi connectivity index (χ0n) is 12.6. The maximum atomic E-state index is 12.7. The molecule has 1 aromatic rings. The van der Waals surface area contributed by atoms with Gasteiger partial charge in [0.15, 0.2) is 0 Å². The number of rotatable bonds is 6. The van der Waals surface area contributed by atoms with Crippen molar-refractivity contribution < 1.29 is 9.90 Å². The molecule has 1 aliphatic rings. The number of nitrogens with zero attached hydrogens (tertiary/aromatic N) is 1. The van der Waals surface area contributed by atoms with Crippen molar-refractivity contribution in [2.75, 3.05) is 19.7 Å². The normalized spacial score (nSPS) is 15.9. The molecule has 0 spiro atoms. The van der Waals surface area contributed by atoms with Gasteiger partial charge >= 0.3 is 0 Å². The van der Waals surface area contributed by atoms with Crippen molar-refractivity contribution in [1.82, 2.24) is 4.90 Å². The fourth-order valence-corrected chi connectivity index (χ4v) is 3.10. The van der Waals surface area contributed by atoms with Gasteiger partial charge in [0.25, 0.3) is 5.91 Å². The Morgan fingerprint density at radius 2 is 1.86 bits per heavy atom. The molecule has 1 saturated carbocycles. The maximum absolute atomic E-state index is 12.7. The predicted octanol–water partition coefficient (Wildman–Crippen LogP) is 1.95. The summed E-state index contributed by atoms with van der Waals surface area (Å²) in [6.07, 6.45) is 6.54. The van der Waals surface area contributed by atoms with Crippen LogP contribution in [0.4, 0.5) is 0 Å². The monoisotopic (exact) mass is 290 g/mol. The molecule has 3 N–H and O–H groups in total. The second-order valence-electron chi connectivity index (χ2n) is 5.75. The fraction of sp³-hybridized carbons (Fsp3) is 0.588. The van der Waals surface area contributed by atoms with E-state index in [0.717, 1.165) is 24.8 Å². The van der Waals surface area contributed by atoms with Gasteiger partial charge in [0.05, 0.1) is 6.61 Å². The topological polar surface area (TPSA) is 66.6 Å². The largest absolute Gasteiger partial charge is 0.395 e. The summed E-state index contributed by atoms with van der Waals surface area (Å²) in [6, 6.07) is 7.97. The van der Waals surface area contributed by atoms with Gasteiger partial charge in [0, 0.05) is 18.2 Å². The molecule has 1 aliphatic carbocycles. The van der Waals surface area contributed by atoms with Crippen molar-refractivity contribution in [3.8, 4) is 0 Å². The van der Waals surface area contributed by atoms with Gasteiger partial charge in [0.1, 0.15) is 0 Å². The lowest BCUT2D eigenvalue weighted by molar-refractivity contribution is 0.0585. The molecule has 4 heteroatoms. The minimum Gasteiger partial charge on any atom is -0.395 e. The van der Waals surface area contributed by atoms with E-state index in [0.29, 0.717) is 18.7 Å². The third-order valence-corrected chi connectivity index (χ3v) is 4.25. The van der Waals surface area contributed by atoms with Crippen molar-refractivity contribution in [1.29, 1.82) is 0 Å². The Bertz CT molecular complexity index is 439. The Balaban J connectivity index is 2.09. The second-order valence-corrected chi connectivity index (χ2v) is 5.75. The Labute approximate surface area is 126 Å². The van der Waals surface area contributed by atoms with E-state index in [2.05, 4.69) is 0 Å². The van der Waals surface area contributed by atoms with E-state index in [9.17, 15) is 9.90 Å². The first kappa shape index (κ1) is 16.0. The molecular weight excluding hydrogens is 264 g/mol. The van der Waals surface area contributed by atoms with Gasteiger partial charge in [-0.05, 0) is 43.5 Å². The van der Waals surface area contributed by atoms with Crippen LogP contribution >= 0.6 is 0 Å². The van der Waals surface area contributed by atoms with Crippen molar-refractivity contribution in [2.24, 2.45) is 5.73 Å². The number of carbonyl (C=O) groups is 1. The third-order valence-electron chi connectivity index (χ3n) is 4.25. The van der Waals surface area contributed by atoms with E-state index in [4.69, 9.17) is 5.73 Å². The van der Waals surface area contributed by atoms with Crippen molar-refractivity contribution in [2.45, 2.75) is 44.6 Å². The van der Waals surface area contributed by atoms with Crippen LogP contribution in [0, 0.1) is 0 Å². The molecule has 0 atom stereocenters. The fourth-order valence-electron chi connectivity index (χ4n) is 3.10. The number of hydrogen-bond donors (Lipinski definition) is 2. The molecule has 0 radical (unpaired) electrons. The molecule has 4 nitrogen and oxygen atoms in total. The lowest BCUT2D eigenvalue weighted by atomic mass is 9.93. The van der Waals surface area contributed by atoms with Crippen LogP contribution in [0.25, 0.3) is 0 Å². The van der Waals surface area contributed by atoms with Crippen LogP contribution in [0.2, 0.25) is 0 Å². The van der Waals surface area contributed by atoms with Crippen LogP contribution in [-0.4, -0.2) is 41.7 Å². The Hall–Kier alpha value is -1.39. The van der Waals surface area contributed by atoms with E-state index in [1.807, 2.05) is 29.2 Å². The summed E-state index contributed by atoms with van der Waals surface area (Å²) in [7, 11) is 0. The highest BCUT2D eigenvalue weighted by atomic mass is 16.3. The Morgan fingerprint density at radius 1 is 1.19 bits per heavy atom. The minimum absolute atomic E-state index is 0.0213. The van der Waals surface area contributed by atoms with Gasteiger partial charge in [-0.1, -0.05) is 31.4 Å². The van der Waals surface area contributed by atoms with Crippen LogP contribution in [-0.2, 0) is 6.42 Å². The van der Waals surface area contributed by atoms with Crippen LogP contribution in [0.15, 0.2) is 24.3 Å². The number of aliphatic hydroxyl groups is 1. The number of nitrogens with two attached hydrogens (primary N) is 1. The third kappa shape index (κ3) is 4.29. The van der Waals surface area contributed by atoms with Gasteiger partial charge in [-0.3, -0.25) is 4.79 Å². The van der Waals surface area contributed by atoms with E-state index in [1.165, 1.54) is 19.3 Å². The summed E-state index contributed by atoms with van der Waals surface area (Å²) in [5.74, 6) is 0.0373. The minimum atomic E-state index is 0.0213. The molecule has 1 amide bonds. The van der Waals surface area contributed by atoms with E-state index in [1.54, 1.807) is 0 Å². The van der Waals surface area contributed by atoms with Crippen LogP contribution in [0.5, 0.6) is 0 Å². The second kappa shape index (κ2) is 8.15. The standard InChI is InChI=1S/C17H26N2O2/c18-11-10-14-6-8-15(9-7-14)17(21)19(12-13-20)16-4-2-1-3-5-16/h6-9,16,20H,1-5,10-13,18H2. The Kier molecular flexibility index (Phi) is 6.21. The number of amides is 1. The summed E-state index contributed by atoms with van der Waals surface area (Å²) < 4.78 is 0. The van der Waals surface area contributed by atoms with Crippen LogP contribution in [0.3, 0.4) is 0 Å². The predicted molar refractivity (Wildman–Crippen MR) is 84.2 cm³/mol. The summed E-state index contributed by atoms with van der Waals surface area (Å²) in [5.41, 5.74) is 7.40. The summed E-state index contributed by atoms with van der Waals surface area (Å²) in [4.78, 5) is 14.6. The highest BCUT2D eigenvalue weighted by Gasteiger charge is 2.25. The van der Waals surface area contributed by atoms with Crippen LogP contribution < -0.4 is 5.73 Å². The van der Waals surface area contributed by atoms with Crippen molar-refractivity contribution in [3.63, 3.8) is 0 Å². The first-order valence-electron chi connectivity index (χ1n) is 7.97. The van der Waals surface area contributed by atoms with E-state index >= 15 is 0 Å². The van der Waals surface area contributed by atoms with Gasteiger partial charge < -0.3 is 15.7 Å². The molecule has 0 bridgehead atoms. The maximum Gasteiger partial charge on any atom is 0.254 e. The van der Waals surface area contributed by atoms with Crippen LogP contribution in [0.1, 0.15) is 48.0 Å². The number of carbonyl (C=O) groups excluding carboxylic acids is 1. The molecule has 1 aromatic carbocycles. The molecular formula is C17H26N2O2. The van der Waals surface area contributed by atoms with Crippen molar-refractivity contribution in [3.05, 3.63) is 35.4 Å².